The van der Waals surface area contributed by atoms with Crippen molar-refractivity contribution < 1.29 is 19.4 Å². The molecule has 114 valence electrons. The molecule has 5 heteroatoms. The first-order chi connectivity index (χ1) is 10.6. The van der Waals surface area contributed by atoms with Crippen LogP contribution in [0.1, 0.15) is 23.2 Å². The molecule has 0 aliphatic rings. The van der Waals surface area contributed by atoms with Gasteiger partial charge in [-0.05, 0) is 48.5 Å². The Morgan fingerprint density at radius 3 is 2.23 bits per heavy atom. The summed E-state index contributed by atoms with van der Waals surface area (Å²) in [5.74, 6) is 0.477. The third-order valence-corrected chi connectivity index (χ3v) is 3.14. The number of ether oxygens (including phenoxy) is 1. The van der Waals surface area contributed by atoms with Crippen LogP contribution in [0.5, 0.6) is 11.5 Å². The van der Waals surface area contributed by atoms with Gasteiger partial charge in [0.15, 0.2) is 5.78 Å². The third kappa shape index (κ3) is 4.34. The number of aromatic hydroxyl groups is 1. The monoisotopic (exact) mass is 299 g/mol. The highest BCUT2D eigenvalue weighted by atomic mass is 16.5. The molecule has 2 N–H and O–H groups in total. The van der Waals surface area contributed by atoms with E-state index in [2.05, 4.69) is 5.32 Å². The van der Waals surface area contributed by atoms with Gasteiger partial charge in [0.05, 0.1) is 7.11 Å². The summed E-state index contributed by atoms with van der Waals surface area (Å²) in [7, 11) is 1.56. The first-order valence-corrected chi connectivity index (χ1v) is 6.84. The minimum atomic E-state index is -0.243. The summed E-state index contributed by atoms with van der Waals surface area (Å²) in [6.07, 6.45) is 0.238. The Kier molecular flexibility index (Phi) is 5.14. The molecule has 2 aromatic rings. The SMILES string of the molecule is COc1ccc(C(=O)CCC(=O)Nc2ccc(O)cc2)cc1. The van der Waals surface area contributed by atoms with E-state index in [1.807, 2.05) is 0 Å². The molecule has 0 fully saturated rings. The van der Waals surface area contributed by atoms with Crippen molar-refractivity contribution in [2.75, 3.05) is 12.4 Å². The molecular weight excluding hydrogens is 282 g/mol. The molecule has 0 aromatic heterocycles. The topological polar surface area (TPSA) is 75.6 Å². The van der Waals surface area contributed by atoms with Crippen LogP contribution in [-0.2, 0) is 4.79 Å². The van der Waals surface area contributed by atoms with Crippen molar-refractivity contribution in [1.82, 2.24) is 0 Å². The number of anilines is 1. The van der Waals surface area contributed by atoms with Gasteiger partial charge in [0.2, 0.25) is 5.91 Å². The molecular formula is C17H17NO4. The van der Waals surface area contributed by atoms with Gasteiger partial charge < -0.3 is 15.2 Å². The number of Topliss-reactive ketones (excluding diaryl/α,β-unsaturated/α-hetero) is 1. The van der Waals surface area contributed by atoms with Gasteiger partial charge in [-0.3, -0.25) is 9.59 Å². The van der Waals surface area contributed by atoms with Gasteiger partial charge in [0, 0.05) is 24.1 Å². The number of ketones is 1. The van der Waals surface area contributed by atoms with Crippen LogP contribution in [0.4, 0.5) is 5.69 Å². The van der Waals surface area contributed by atoms with E-state index >= 15 is 0 Å². The predicted molar refractivity (Wildman–Crippen MR) is 83.3 cm³/mol. The third-order valence-electron chi connectivity index (χ3n) is 3.14. The minimum Gasteiger partial charge on any atom is -0.508 e. The second-order valence-electron chi connectivity index (χ2n) is 4.75. The molecule has 2 rings (SSSR count). The van der Waals surface area contributed by atoms with E-state index in [1.165, 1.54) is 12.1 Å². The number of phenols is 1. The second-order valence-corrected chi connectivity index (χ2v) is 4.75. The Morgan fingerprint density at radius 1 is 1.00 bits per heavy atom. The predicted octanol–water partition coefficient (Wildman–Crippen LogP) is 3.00. The Hall–Kier alpha value is -2.82. The normalized spacial score (nSPS) is 10.0. The molecule has 0 spiro atoms. The molecule has 0 radical (unpaired) electrons. The summed E-state index contributed by atoms with van der Waals surface area (Å²) in [5.41, 5.74) is 1.14. The van der Waals surface area contributed by atoms with E-state index in [-0.39, 0.29) is 30.3 Å². The zero-order valence-electron chi connectivity index (χ0n) is 12.2. The fourth-order valence-electron chi connectivity index (χ4n) is 1.92. The van der Waals surface area contributed by atoms with Crippen molar-refractivity contribution in [2.45, 2.75) is 12.8 Å². The molecule has 22 heavy (non-hydrogen) atoms. The van der Waals surface area contributed by atoms with Crippen molar-refractivity contribution >= 4 is 17.4 Å². The maximum atomic E-state index is 12.0. The van der Waals surface area contributed by atoms with Crippen molar-refractivity contribution in [3.63, 3.8) is 0 Å². The number of phenolic OH excluding ortho intramolecular Hbond substituents is 1. The lowest BCUT2D eigenvalue weighted by Gasteiger charge is -2.05. The number of nitrogens with one attached hydrogen (secondary N) is 1. The number of carbonyl (C=O) groups is 2. The summed E-state index contributed by atoms with van der Waals surface area (Å²) in [6, 6.07) is 12.9. The summed E-state index contributed by atoms with van der Waals surface area (Å²) in [4.78, 5) is 23.8. The van der Waals surface area contributed by atoms with E-state index in [4.69, 9.17) is 9.84 Å². The van der Waals surface area contributed by atoms with Crippen LogP contribution in [0.2, 0.25) is 0 Å². The van der Waals surface area contributed by atoms with Gasteiger partial charge in [0.1, 0.15) is 11.5 Å². The first-order valence-electron chi connectivity index (χ1n) is 6.84. The number of methoxy groups -OCH3 is 1. The lowest BCUT2D eigenvalue weighted by atomic mass is 10.1. The molecule has 0 saturated heterocycles. The number of amides is 1. The number of hydrogen-bond donors (Lipinski definition) is 2. The molecule has 0 aliphatic carbocycles. The number of rotatable bonds is 6. The smallest absolute Gasteiger partial charge is 0.224 e. The van der Waals surface area contributed by atoms with Gasteiger partial charge in [0.25, 0.3) is 0 Å². The summed E-state index contributed by atoms with van der Waals surface area (Å²) in [6.45, 7) is 0. The molecule has 0 saturated carbocycles. The van der Waals surface area contributed by atoms with E-state index in [0.29, 0.717) is 17.0 Å². The molecule has 0 aliphatic heterocycles. The molecule has 0 unspecified atom stereocenters. The van der Waals surface area contributed by atoms with Crippen LogP contribution >= 0.6 is 0 Å². The Balaban J connectivity index is 1.84. The van der Waals surface area contributed by atoms with E-state index in [0.717, 1.165) is 0 Å². The van der Waals surface area contributed by atoms with Crippen LogP contribution in [0.25, 0.3) is 0 Å². The van der Waals surface area contributed by atoms with Crippen LogP contribution in [0.15, 0.2) is 48.5 Å². The standard InChI is InChI=1S/C17H17NO4/c1-22-15-8-2-12(3-9-15)16(20)10-11-17(21)18-13-4-6-14(19)7-5-13/h2-9,19H,10-11H2,1H3,(H,18,21). The van der Waals surface area contributed by atoms with Gasteiger partial charge in [-0.1, -0.05) is 0 Å². The van der Waals surface area contributed by atoms with Crippen LogP contribution in [0, 0.1) is 0 Å². The molecule has 5 nitrogen and oxygen atoms in total. The highest BCUT2D eigenvalue weighted by molar-refractivity contribution is 6.00. The molecule has 1 amide bonds. The molecule has 0 heterocycles. The minimum absolute atomic E-state index is 0.0940. The Bertz CT molecular complexity index is 647. The number of carbonyl (C=O) groups excluding carboxylic acids is 2. The Labute approximate surface area is 128 Å². The van der Waals surface area contributed by atoms with Crippen molar-refractivity contribution in [2.24, 2.45) is 0 Å². The zero-order valence-corrected chi connectivity index (χ0v) is 12.2. The van der Waals surface area contributed by atoms with Gasteiger partial charge >= 0.3 is 0 Å². The van der Waals surface area contributed by atoms with Crippen LogP contribution in [0.3, 0.4) is 0 Å². The van der Waals surface area contributed by atoms with Gasteiger partial charge in [-0.25, -0.2) is 0 Å². The van der Waals surface area contributed by atoms with Crippen molar-refractivity contribution in [3.8, 4) is 11.5 Å². The summed E-state index contributed by atoms with van der Waals surface area (Å²) in [5, 5.41) is 11.8. The van der Waals surface area contributed by atoms with E-state index in [1.54, 1.807) is 43.5 Å². The van der Waals surface area contributed by atoms with E-state index < -0.39 is 0 Å². The van der Waals surface area contributed by atoms with Gasteiger partial charge in [-0.2, -0.15) is 0 Å². The summed E-state index contributed by atoms with van der Waals surface area (Å²) < 4.78 is 5.03. The first kappa shape index (κ1) is 15.6. The largest absolute Gasteiger partial charge is 0.508 e. The highest BCUT2D eigenvalue weighted by Crippen LogP contribution is 2.15. The highest BCUT2D eigenvalue weighted by Gasteiger charge is 2.10. The average Bonchev–Trinajstić information content (AvgIpc) is 2.55. The second kappa shape index (κ2) is 7.26. The van der Waals surface area contributed by atoms with Crippen molar-refractivity contribution in [3.05, 3.63) is 54.1 Å². The molecule has 2 aromatic carbocycles. The van der Waals surface area contributed by atoms with Crippen molar-refractivity contribution in [1.29, 1.82) is 0 Å². The maximum absolute atomic E-state index is 12.0. The average molecular weight is 299 g/mol. The lowest BCUT2D eigenvalue weighted by Crippen LogP contribution is -2.13. The number of benzene rings is 2. The lowest BCUT2D eigenvalue weighted by molar-refractivity contribution is -0.116. The number of hydrogen-bond acceptors (Lipinski definition) is 4. The summed E-state index contributed by atoms with van der Waals surface area (Å²) >= 11 is 0. The fourth-order valence-corrected chi connectivity index (χ4v) is 1.92. The Morgan fingerprint density at radius 2 is 1.64 bits per heavy atom. The van der Waals surface area contributed by atoms with Crippen LogP contribution < -0.4 is 10.1 Å². The van der Waals surface area contributed by atoms with E-state index in [9.17, 15) is 9.59 Å². The van der Waals surface area contributed by atoms with Crippen LogP contribution in [-0.4, -0.2) is 23.9 Å². The molecule has 0 atom stereocenters. The van der Waals surface area contributed by atoms with Gasteiger partial charge in [-0.15, -0.1) is 0 Å². The molecule has 0 bridgehead atoms. The zero-order chi connectivity index (χ0) is 15.9. The fraction of sp³-hybridized carbons (Fsp3) is 0.176. The maximum Gasteiger partial charge on any atom is 0.224 e. The quantitative estimate of drug-likeness (QED) is 0.635.